The number of benzene rings is 4. The van der Waals surface area contributed by atoms with Gasteiger partial charge in [-0.1, -0.05) is 79.1 Å². The molecule has 1 fully saturated rings. The van der Waals surface area contributed by atoms with Gasteiger partial charge in [0, 0.05) is 59.4 Å². The van der Waals surface area contributed by atoms with Crippen molar-refractivity contribution in [3.63, 3.8) is 0 Å². The van der Waals surface area contributed by atoms with Gasteiger partial charge in [-0.25, -0.2) is 0 Å². The van der Waals surface area contributed by atoms with E-state index >= 15 is 0 Å². The van der Waals surface area contributed by atoms with Gasteiger partial charge in [0.1, 0.15) is 11.2 Å². The van der Waals surface area contributed by atoms with E-state index in [0.29, 0.717) is 0 Å². The van der Waals surface area contributed by atoms with E-state index in [1.165, 1.54) is 100 Å². The molecule has 231 valence electrons. The molecule has 0 saturated heterocycles. The molecule has 1 aliphatic rings. The number of para-hydroxylation sites is 2. The molecule has 6 heteroatoms. The Morgan fingerprint density at radius 1 is 0.913 bits per heavy atom. The standard InChI is InChI=1S/C35H25N2O.C5H8O2.Ir/c1-2-8-21(7-1)17-22-15-16-36-28(18-22)23-13-14-30-26(19-23)27-20-32-33(25-10-4-6-12-31(25)38-32)34-24-9-3-5-11-29(24)37(30)35(27)34;1-4(6)3-5(2)7;/h3-6,9-12,14-16,18-21H,1-2,7-8,17H2;3,6H,1-2H3;/q-1;;/b;4-3-;. The summed E-state index contributed by atoms with van der Waals surface area (Å²) in [5.41, 5.74) is 8.97. The smallest absolute Gasteiger partial charge is 0.155 e. The molecular formula is C40H33IrN2O3-. The van der Waals surface area contributed by atoms with Crippen molar-refractivity contribution in [1.29, 1.82) is 0 Å². The summed E-state index contributed by atoms with van der Waals surface area (Å²) in [5.74, 6) is 0.754. The van der Waals surface area contributed by atoms with Crippen LogP contribution in [0, 0.1) is 12.0 Å². The van der Waals surface area contributed by atoms with Gasteiger partial charge >= 0.3 is 0 Å². The molecule has 4 aromatic heterocycles. The molecule has 4 aromatic carbocycles. The third kappa shape index (κ3) is 5.06. The SMILES string of the molecule is CC(=O)/C=C(/C)O.[Ir].[c-]1cc2c(cc1-c1cc(CC3CCCC3)ccn1)c1cc3oc4ccccc4c3c3c4ccccc4n2c13. The van der Waals surface area contributed by atoms with E-state index in [-0.39, 0.29) is 31.6 Å². The fourth-order valence-corrected chi connectivity index (χ4v) is 7.45. The van der Waals surface area contributed by atoms with Crippen LogP contribution in [0.5, 0.6) is 0 Å². The first kappa shape index (κ1) is 30.2. The van der Waals surface area contributed by atoms with E-state index in [0.717, 1.165) is 34.8 Å². The first-order valence-electron chi connectivity index (χ1n) is 15.7. The van der Waals surface area contributed by atoms with Crippen molar-refractivity contribution >= 4 is 65.8 Å². The van der Waals surface area contributed by atoms with Gasteiger partial charge in [0.05, 0.1) is 11.3 Å². The molecular weight excluding hydrogens is 749 g/mol. The van der Waals surface area contributed by atoms with Crippen LogP contribution in [-0.4, -0.2) is 20.3 Å². The predicted octanol–water partition coefficient (Wildman–Crippen LogP) is 10.4. The van der Waals surface area contributed by atoms with Crippen LogP contribution in [0.1, 0.15) is 45.1 Å². The largest absolute Gasteiger partial charge is 0.512 e. The molecule has 0 amide bonds. The van der Waals surface area contributed by atoms with Crippen LogP contribution in [0.3, 0.4) is 0 Å². The van der Waals surface area contributed by atoms with Crippen molar-refractivity contribution in [3.8, 4) is 11.3 Å². The average molecular weight is 782 g/mol. The molecule has 0 atom stereocenters. The van der Waals surface area contributed by atoms with Gasteiger partial charge in [0.25, 0.3) is 0 Å². The molecule has 5 nitrogen and oxygen atoms in total. The van der Waals surface area contributed by atoms with E-state index in [2.05, 4.69) is 83.3 Å². The van der Waals surface area contributed by atoms with Gasteiger partial charge in [-0.2, -0.15) is 0 Å². The Morgan fingerprint density at radius 2 is 1.67 bits per heavy atom. The second-order valence-electron chi connectivity index (χ2n) is 12.4. The van der Waals surface area contributed by atoms with Gasteiger partial charge in [0.15, 0.2) is 5.78 Å². The predicted molar refractivity (Wildman–Crippen MR) is 183 cm³/mol. The molecule has 0 aliphatic heterocycles. The Kier molecular flexibility index (Phi) is 7.88. The van der Waals surface area contributed by atoms with Crippen LogP contribution in [0.2, 0.25) is 0 Å². The van der Waals surface area contributed by atoms with Crippen LogP contribution >= 0.6 is 0 Å². The summed E-state index contributed by atoms with van der Waals surface area (Å²) in [4.78, 5) is 14.8. The van der Waals surface area contributed by atoms with Crippen molar-refractivity contribution in [2.75, 3.05) is 0 Å². The zero-order valence-corrected chi connectivity index (χ0v) is 28.2. The quantitative estimate of drug-likeness (QED) is 0.110. The van der Waals surface area contributed by atoms with Crippen LogP contribution in [-0.2, 0) is 31.3 Å². The van der Waals surface area contributed by atoms with Crippen molar-refractivity contribution in [1.82, 2.24) is 9.38 Å². The van der Waals surface area contributed by atoms with Crippen LogP contribution in [0.4, 0.5) is 0 Å². The zero-order valence-electron chi connectivity index (χ0n) is 25.8. The number of ketones is 1. The first-order valence-corrected chi connectivity index (χ1v) is 15.7. The minimum atomic E-state index is -0.125. The monoisotopic (exact) mass is 782 g/mol. The fraction of sp³-hybridized carbons (Fsp3) is 0.200. The fourth-order valence-electron chi connectivity index (χ4n) is 7.45. The number of aliphatic hydroxyl groups excluding tert-OH is 1. The van der Waals surface area contributed by atoms with Crippen LogP contribution in [0.15, 0.2) is 101 Å². The second-order valence-corrected chi connectivity index (χ2v) is 12.4. The van der Waals surface area contributed by atoms with Crippen LogP contribution < -0.4 is 0 Å². The van der Waals surface area contributed by atoms with Gasteiger partial charge in [0.2, 0.25) is 0 Å². The number of allylic oxidation sites excluding steroid dienone is 2. The molecule has 1 saturated carbocycles. The van der Waals surface area contributed by atoms with Crippen LogP contribution in [0.25, 0.3) is 71.3 Å². The van der Waals surface area contributed by atoms with E-state index in [4.69, 9.17) is 14.5 Å². The molecule has 0 bridgehead atoms. The Balaban J connectivity index is 0.000000384. The third-order valence-electron chi connectivity index (χ3n) is 9.25. The van der Waals surface area contributed by atoms with Gasteiger partial charge in [-0.3, -0.25) is 4.79 Å². The number of furan rings is 1. The van der Waals surface area contributed by atoms with E-state index in [9.17, 15) is 4.79 Å². The molecule has 4 heterocycles. The zero-order chi connectivity index (χ0) is 30.7. The number of hydrogen-bond donors (Lipinski definition) is 1. The molecule has 8 aromatic rings. The summed E-state index contributed by atoms with van der Waals surface area (Å²) < 4.78 is 8.84. The van der Waals surface area contributed by atoms with Gasteiger partial charge < -0.3 is 18.9 Å². The van der Waals surface area contributed by atoms with Crippen molar-refractivity contribution < 1.29 is 34.4 Å². The maximum Gasteiger partial charge on any atom is 0.155 e. The maximum atomic E-state index is 10.0. The molecule has 1 radical (unpaired) electrons. The summed E-state index contributed by atoms with van der Waals surface area (Å²) in [6, 6.07) is 31.8. The summed E-state index contributed by atoms with van der Waals surface area (Å²) in [6.07, 6.45) is 9.75. The van der Waals surface area contributed by atoms with E-state index in [1.54, 1.807) is 0 Å². The Morgan fingerprint density at radius 3 is 2.43 bits per heavy atom. The number of aromatic nitrogens is 2. The molecule has 9 rings (SSSR count). The Bertz CT molecular complexity index is 2420. The molecule has 1 N–H and O–H groups in total. The minimum Gasteiger partial charge on any atom is -0.512 e. The normalized spacial score (nSPS) is 14.1. The number of rotatable bonds is 4. The molecule has 46 heavy (non-hydrogen) atoms. The molecule has 1 aliphatic carbocycles. The van der Waals surface area contributed by atoms with Crippen molar-refractivity contribution in [3.05, 3.63) is 109 Å². The van der Waals surface area contributed by atoms with Gasteiger partial charge in [-0.15, -0.1) is 23.8 Å². The summed E-state index contributed by atoms with van der Waals surface area (Å²) >= 11 is 0. The summed E-state index contributed by atoms with van der Waals surface area (Å²) in [5, 5.41) is 15.7. The maximum absolute atomic E-state index is 10.0. The Labute approximate surface area is 280 Å². The number of nitrogens with zero attached hydrogens (tertiary/aromatic N) is 2. The van der Waals surface area contributed by atoms with Crippen molar-refractivity contribution in [2.24, 2.45) is 5.92 Å². The van der Waals surface area contributed by atoms with Gasteiger partial charge in [-0.05, 0) is 67.0 Å². The third-order valence-corrected chi connectivity index (χ3v) is 9.25. The number of hydrogen-bond acceptors (Lipinski definition) is 4. The second kappa shape index (κ2) is 12.0. The summed E-state index contributed by atoms with van der Waals surface area (Å²) in [7, 11) is 0. The molecule has 0 unspecified atom stereocenters. The summed E-state index contributed by atoms with van der Waals surface area (Å²) in [6.45, 7) is 2.85. The number of carbonyl (C=O) groups is 1. The number of carbonyl (C=O) groups excluding carboxylic acids is 1. The van der Waals surface area contributed by atoms with E-state index < -0.39 is 0 Å². The Hall–Kier alpha value is -4.51. The first-order chi connectivity index (χ1) is 22.0. The molecule has 0 spiro atoms. The minimum absolute atomic E-state index is 0. The number of fused-ring (bicyclic) bond motifs is 10. The number of aliphatic hydroxyl groups is 1. The van der Waals surface area contributed by atoms with Crippen molar-refractivity contribution in [2.45, 2.75) is 46.0 Å². The average Bonchev–Trinajstić information content (AvgIpc) is 3.81. The number of pyridine rings is 1. The topological polar surface area (TPSA) is 67.7 Å². The van der Waals surface area contributed by atoms with E-state index in [1.807, 2.05) is 12.3 Å².